The van der Waals surface area contributed by atoms with E-state index in [-0.39, 0.29) is 10.6 Å². The molecule has 1 N–H and O–H groups in total. The van der Waals surface area contributed by atoms with Crippen LogP contribution in [0.5, 0.6) is 0 Å². The first-order valence-electron chi connectivity index (χ1n) is 7.16. The van der Waals surface area contributed by atoms with Gasteiger partial charge in [-0.1, -0.05) is 12.1 Å². The van der Waals surface area contributed by atoms with Crippen molar-refractivity contribution in [3.05, 3.63) is 51.4 Å². The Balaban J connectivity index is 2.04. The van der Waals surface area contributed by atoms with Crippen LogP contribution < -0.4 is 5.32 Å². The molecule has 0 amide bonds. The maximum atomic E-state index is 11.1. The third kappa shape index (κ3) is 4.37. The molecule has 0 spiro atoms. The number of nitrogens with zero attached hydrogens (tertiary/aromatic N) is 1. The van der Waals surface area contributed by atoms with Crippen LogP contribution in [0.2, 0.25) is 0 Å². The van der Waals surface area contributed by atoms with Crippen LogP contribution in [-0.4, -0.2) is 24.7 Å². The standard InChI is InChI=1S/C16H20N2O3S/c1-12(9-10-21-2)17-11-13-7-8-16(22-13)14-5-3-4-6-15(14)18(19)20/h3-8,12,17H,9-11H2,1-2H3. The van der Waals surface area contributed by atoms with Crippen LogP contribution in [0.4, 0.5) is 5.69 Å². The van der Waals surface area contributed by atoms with Gasteiger partial charge >= 0.3 is 0 Å². The van der Waals surface area contributed by atoms with Crippen LogP contribution in [0.1, 0.15) is 18.2 Å². The second kappa shape index (κ2) is 8.03. The molecule has 5 nitrogen and oxygen atoms in total. The topological polar surface area (TPSA) is 64.4 Å². The number of methoxy groups -OCH3 is 1. The van der Waals surface area contributed by atoms with E-state index in [9.17, 15) is 10.1 Å². The third-order valence-corrected chi connectivity index (χ3v) is 4.53. The smallest absolute Gasteiger partial charge is 0.278 e. The Bertz CT molecular complexity index is 627. The van der Waals surface area contributed by atoms with Crippen LogP contribution >= 0.6 is 11.3 Å². The SMILES string of the molecule is COCCC(C)NCc1ccc(-c2ccccc2[N+](=O)[O-])s1. The minimum atomic E-state index is -0.334. The maximum absolute atomic E-state index is 11.1. The molecule has 0 radical (unpaired) electrons. The molecule has 1 atom stereocenters. The van der Waals surface area contributed by atoms with E-state index < -0.39 is 0 Å². The van der Waals surface area contributed by atoms with Crippen molar-refractivity contribution in [3.63, 3.8) is 0 Å². The minimum absolute atomic E-state index is 0.150. The van der Waals surface area contributed by atoms with Gasteiger partial charge in [0, 0.05) is 42.1 Å². The minimum Gasteiger partial charge on any atom is -0.385 e. The Morgan fingerprint density at radius 3 is 2.82 bits per heavy atom. The molecule has 0 aliphatic carbocycles. The molecule has 0 aliphatic heterocycles. The van der Waals surface area contributed by atoms with E-state index in [4.69, 9.17) is 4.74 Å². The molecule has 0 aliphatic rings. The van der Waals surface area contributed by atoms with Crippen LogP contribution in [0.15, 0.2) is 36.4 Å². The lowest BCUT2D eigenvalue weighted by molar-refractivity contribution is -0.384. The van der Waals surface area contributed by atoms with Crippen LogP contribution in [0.3, 0.4) is 0 Å². The summed E-state index contributed by atoms with van der Waals surface area (Å²) in [4.78, 5) is 12.9. The van der Waals surface area contributed by atoms with Crippen LogP contribution in [0.25, 0.3) is 10.4 Å². The Morgan fingerprint density at radius 2 is 2.09 bits per heavy atom. The highest BCUT2D eigenvalue weighted by molar-refractivity contribution is 7.15. The van der Waals surface area contributed by atoms with Crippen molar-refractivity contribution < 1.29 is 9.66 Å². The lowest BCUT2D eigenvalue weighted by Crippen LogP contribution is -2.26. The van der Waals surface area contributed by atoms with Gasteiger partial charge in [-0.25, -0.2) is 0 Å². The molecule has 1 aromatic carbocycles. The van der Waals surface area contributed by atoms with Gasteiger partial charge in [0.1, 0.15) is 0 Å². The number of hydrogen-bond acceptors (Lipinski definition) is 5. The fourth-order valence-electron chi connectivity index (χ4n) is 2.13. The van der Waals surface area contributed by atoms with Crippen LogP contribution in [-0.2, 0) is 11.3 Å². The zero-order chi connectivity index (χ0) is 15.9. The van der Waals surface area contributed by atoms with E-state index in [2.05, 4.69) is 12.2 Å². The molecule has 2 rings (SSSR count). The first-order chi connectivity index (χ1) is 10.6. The number of para-hydroxylation sites is 1. The maximum Gasteiger partial charge on any atom is 0.278 e. The largest absolute Gasteiger partial charge is 0.385 e. The monoisotopic (exact) mass is 320 g/mol. The highest BCUT2D eigenvalue weighted by Gasteiger charge is 2.15. The molecular weight excluding hydrogens is 300 g/mol. The molecule has 1 heterocycles. The van der Waals surface area contributed by atoms with Gasteiger partial charge in [-0.15, -0.1) is 11.3 Å². The van der Waals surface area contributed by atoms with Crippen molar-refractivity contribution in [2.45, 2.75) is 25.9 Å². The van der Waals surface area contributed by atoms with Crippen LogP contribution in [0, 0.1) is 10.1 Å². The highest BCUT2D eigenvalue weighted by atomic mass is 32.1. The molecule has 0 fully saturated rings. The number of thiophene rings is 1. The number of nitrogens with one attached hydrogen (secondary N) is 1. The summed E-state index contributed by atoms with van der Waals surface area (Å²) in [6, 6.07) is 11.2. The number of benzene rings is 1. The van der Waals surface area contributed by atoms with Crippen molar-refractivity contribution in [1.82, 2.24) is 5.32 Å². The number of nitro groups is 1. The van der Waals surface area contributed by atoms with Gasteiger partial charge in [-0.2, -0.15) is 0 Å². The lowest BCUT2D eigenvalue weighted by Gasteiger charge is -2.11. The molecular formula is C16H20N2O3S. The zero-order valence-corrected chi connectivity index (χ0v) is 13.6. The van der Waals surface area contributed by atoms with Gasteiger partial charge in [0.15, 0.2) is 0 Å². The molecule has 1 unspecified atom stereocenters. The van der Waals surface area contributed by atoms with Gasteiger partial charge < -0.3 is 10.1 Å². The summed E-state index contributed by atoms with van der Waals surface area (Å²) in [5.41, 5.74) is 0.827. The van der Waals surface area contributed by atoms with Crippen molar-refractivity contribution in [1.29, 1.82) is 0 Å². The normalized spacial score (nSPS) is 12.3. The van der Waals surface area contributed by atoms with Gasteiger partial charge in [-0.05, 0) is 31.5 Å². The fraction of sp³-hybridized carbons (Fsp3) is 0.375. The quantitative estimate of drug-likeness (QED) is 0.593. The summed E-state index contributed by atoms with van der Waals surface area (Å²) in [7, 11) is 1.70. The summed E-state index contributed by atoms with van der Waals surface area (Å²) in [6.45, 7) is 3.62. The molecule has 22 heavy (non-hydrogen) atoms. The highest BCUT2D eigenvalue weighted by Crippen LogP contribution is 2.34. The first kappa shape index (κ1) is 16.6. The lowest BCUT2D eigenvalue weighted by atomic mass is 10.1. The third-order valence-electron chi connectivity index (χ3n) is 3.41. The van der Waals surface area contributed by atoms with E-state index >= 15 is 0 Å². The number of hydrogen-bond donors (Lipinski definition) is 1. The first-order valence-corrected chi connectivity index (χ1v) is 7.98. The predicted molar refractivity (Wildman–Crippen MR) is 89.2 cm³/mol. The van der Waals surface area contributed by atoms with Crippen molar-refractivity contribution in [2.24, 2.45) is 0 Å². The van der Waals surface area contributed by atoms with Gasteiger partial charge in [0.2, 0.25) is 0 Å². The molecule has 1 aromatic heterocycles. The molecule has 0 saturated heterocycles. The average Bonchev–Trinajstić information content (AvgIpc) is 2.99. The Morgan fingerprint density at radius 1 is 1.32 bits per heavy atom. The Hall–Kier alpha value is -1.76. The Kier molecular flexibility index (Phi) is 6.06. The number of rotatable bonds is 8. The molecule has 2 aromatic rings. The van der Waals surface area contributed by atoms with Gasteiger partial charge in [0.25, 0.3) is 5.69 Å². The summed E-state index contributed by atoms with van der Waals surface area (Å²) < 4.78 is 5.06. The van der Waals surface area contributed by atoms with Crippen molar-refractivity contribution in [2.75, 3.05) is 13.7 Å². The molecule has 118 valence electrons. The van der Waals surface area contributed by atoms with Crippen molar-refractivity contribution >= 4 is 17.0 Å². The summed E-state index contributed by atoms with van der Waals surface area (Å²) in [6.07, 6.45) is 0.957. The zero-order valence-electron chi connectivity index (χ0n) is 12.7. The Labute approximate surface area is 134 Å². The van der Waals surface area contributed by atoms with E-state index in [1.165, 1.54) is 0 Å². The number of ether oxygens (including phenoxy) is 1. The average molecular weight is 320 g/mol. The predicted octanol–water partition coefficient (Wildman–Crippen LogP) is 3.84. The van der Waals surface area contributed by atoms with E-state index in [0.717, 1.165) is 29.3 Å². The van der Waals surface area contributed by atoms with Gasteiger partial charge in [-0.3, -0.25) is 10.1 Å². The second-order valence-electron chi connectivity index (χ2n) is 5.10. The number of nitro benzene ring substituents is 1. The van der Waals surface area contributed by atoms with Gasteiger partial charge in [0.05, 0.1) is 10.5 Å². The molecule has 6 heteroatoms. The summed E-state index contributed by atoms with van der Waals surface area (Å²) in [5, 5.41) is 14.5. The van der Waals surface area contributed by atoms with E-state index in [1.54, 1.807) is 36.6 Å². The second-order valence-corrected chi connectivity index (χ2v) is 6.27. The van der Waals surface area contributed by atoms with E-state index in [0.29, 0.717) is 11.6 Å². The van der Waals surface area contributed by atoms with E-state index in [1.807, 2.05) is 18.2 Å². The van der Waals surface area contributed by atoms with Crippen molar-refractivity contribution in [3.8, 4) is 10.4 Å². The fourth-order valence-corrected chi connectivity index (χ4v) is 3.12. The molecule has 0 saturated carbocycles. The summed E-state index contributed by atoms with van der Waals surface area (Å²) >= 11 is 1.59. The molecule has 0 bridgehead atoms. The summed E-state index contributed by atoms with van der Waals surface area (Å²) in [5.74, 6) is 0.